The summed E-state index contributed by atoms with van der Waals surface area (Å²) in [6.07, 6.45) is 2.71. The zero-order chi connectivity index (χ0) is 16.8. The molecule has 0 fully saturated rings. The monoisotopic (exact) mass is 338 g/mol. The maximum absolute atomic E-state index is 9.57. The lowest BCUT2D eigenvalue weighted by molar-refractivity contribution is 0.269. The second kappa shape index (κ2) is 8.18. The van der Waals surface area contributed by atoms with Crippen LogP contribution in [0.2, 0.25) is 0 Å². The van der Waals surface area contributed by atoms with Crippen molar-refractivity contribution in [1.29, 1.82) is 0 Å². The molecule has 24 heavy (non-hydrogen) atoms. The Kier molecular flexibility index (Phi) is 5.72. The number of hydrogen-bond donors (Lipinski definition) is 1. The summed E-state index contributed by atoms with van der Waals surface area (Å²) in [5.41, 5.74) is 4.73. The maximum Gasteiger partial charge on any atom is 0.168 e. The van der Waals surface area contributed by atoms with Crippen LogP contribution < -0.4 is 0 Å². The van der Waals surface area contributed by atoms with Crippen molar-refractivity contribution in [3.8, 4) is 0 Å². The molecule has 0 aliphatic carbocycles. The Labute approximate surface area is 147 Å². The van der Waals surface area contributed by atoms with Crippen molar-refractivity contribution in [2.45, 2.75) is 37.4 Å². The van der Waals surface area contributed by atoms with Gasteiger partial charge in [-0.3, -0.25) is 0 Å². The number of hydrogen-bond acceptors (Lipinski definition) is 3. The van der Waals surface area contributed by atoms with Gasteiger partial charge in [0.2, 0.25) is 0 Å². The highest BCUT2D eigenvalue weighted by Gasteiger charge is 2.10. The van der Waals surface area contributed by atoms with Crippen LogP contribution in [0.25, 0.3) is 0 Å². The molecule has 0 radical (unpaired) electrons. The quantitative estimate of drug-likeness (QED) is 0.656. The number of rotatable bonds is 7. The van der Waals surface area contributed by atoms with Crippen molar-refractivity contribution in [1.82, 2.24) is 9.55 Å². The van der Waals surface area contributed by atoms with E-state index >= 15 is 0 Å². The normalized spacial score (nSPS) is 10.9. The molecular formula is C20H22N2OS. The predicted molar refractivity (Wildman–Crippen MR) is 99.0 cm³/mol. The van der Waals surface area contributed by atoms with Crippen LogP contribution in [0.1, 0.15) is 22.4 Å². The minimum Gasteiger partial charge on any atom is -0.390 e. The van der Waals surface area contributed by atoms with E-state index < -0.39 is 0 Å². The van der Waals surface area contributed by atoms with Crippen molar-refractivity contribution in [2.24, 2.45) is 0 Å². The summed E-state index contributed by atoms with van der Waals surface area (Å²) in [5.74, 6) is 0.882. The minimum absolute atomic E-state index is 0.0207. The first kappa shape index (κ1) is 16.8. The van der Waals surface area contributed by atoms with Crippen molar-refractivity contribution in [3.05, 3.63) is 83.2 Å². The van der Waals surface area contributed by atoms with Gasteiger partial charge >= 0.3 is 0 Å². The average Bonchev–Trinajstić information content (AvgIpc) is 3.02. The van der Waals surface area contributed by atoms with Crippen molar-refractivity contribution < 1.29 is 5.11 Å². The largest absolute Gasteiger partial charge is 0.390 e. The van der Waals surface area contributed by atoms with Crippen LogP contribution in [0, 0.1) is 6.92 Å². The molecular weight excluding hydrogens is 316 g/mol. The summed E-state index contributed by atoms with van der Waals surface area (Å²) < 4.78 is 2.13. The number of benzene rings is 2. The van der Waals surface area contributed by atoms with Gasteiger partial charge in [-0.05, 0) is 24.5 Å². The summed E-state index contributed by atoms with van der Waals surface area (Å²) in [4.78, 5) is 4.50. The smallest absolute Gasteiger partial charge is 0.168 e. The lowest BCUT2D eigenvalue weighted by Crippen LogP contribution is -2.07. The number of thioether (sulfide) groups is 1. The molecule has 3 nitrogen and oxygen atoms in total. The number of aliphatic hydroxyl groups excluding tert-OH is 1. The van der Waals surface area contributed by atoms with Gasteiger partial charge in [-0.15, -0.1) is 0 Å². The fraction of sp³-hybridized carbons (Fsp3) is 0.250. The molecule has 1 heterocycles. The van der Waals surface area contributed by atoms with Gasteiger partial charge in [0.1, 0.15) is 0 Å². The highest BCUT2D eigenvalue weighted by molar-refractivity contribution is 7.98. The van der Waals surface area contributed by atoms with Gasteiger partial charge in [0.15, 0.2) is 5.16 Å². The molecule has 0 atom stereocenters. The summed E-state index contributed by atoms with van der Waals surface area (Å²) in [5, 5.41) is 10.5. The van der Waals surface area contributed by atoms with Crippen LogP contribution in [-0.2, 0) is 25.3 Å². The molecule has 2 aromatic carbocycles. The van der Waals surface area contributed by atoms with Crippen LogP contribution in [0.5, 0.6) is 0 Å². The van der Waals surface area contributed by atoms with Crippen LogP contribution in [0.4, 0.5) is 0 Å². The molecule has 0 aliphatic heterocycles. The van der Waals surface area contributed by atoms with E-state index in [9.17, 15) is 5.11 Å². The Morgan fingerprint density at radius 1 is 1.00 bits per heavy atom. The minimum atomic E-state index is 0.0207. The van der Waals surface area contributed by atoms with E-state index in [0.717, 1.165) is 29.6 Å². The molecule has 1 N–H and O–H groups in total. The highest BCUT2D eigenvalue weighted by Crippen LogP contribution is 2.24. The molecule has 0 amide bonds. The van der Waals surface area contributed by atoms with Gasteiger partial charge in [0, 0.05) is 12.3 Å². The second-order valence-electron chi connectivity index (χ2n) is 5.85. The summed E-state index contributed by atoms with van der Waals surface area (Å²) in [6.45, 7) is 2.95. The fourth-order valence-corrected chi connectivity index (χ4v) is 3.57. The average molecular weight is 338 g/mol. The van der Waals surface area contributed by atoms with Gasteiger partial charge in [0.05, 0.1) is 18.5 Å². The molecule has 0 spiro atoms. The van der Waals surface area contributed by atoms with Crippen LogP contribution in [0.3, 0.4) is 0 Å². The first-order valence-corrected chi connectivity index (χ1v) is 9.12. The van der Waals surface area contributed by atoms with Crippen LogP contribution in [-0.4, -0.2) is 14.7 Å². The lowest BCUT2D eigenvalue weighted by atomic mass is 10.1. The van der Waals surface area contributed by atoms with E-state index in [1.54, 1.807) is 18.0 Å². The summed E-state index contributed by atoms with van der Waals surface area (Å²) in [6, 6.07) is 19.0. The number of nitrogens with zero attached hydrogens (tertiary/aromatic N) is 2. The second-order valence-corrected chi connectivity index (χ2v) is 6.79. The van der Waals surface area contributed by atoms with Gasteiger partial charge in [-0.1, -0.05) is 71.9 Å². The Balaban J connectivity index is 1.69. The number of imidazole rings is 1. The third kappa shape index (κ3) is 4.28. The van der Waals surface area contributed by atoms with Gasteiger partial charge in [-0.2, -0.15) is 0 Å². The van der Waals surface area contributed by atoms with Crippen LogP contribution >= 0.6 is 11.8 Å². The van der Waals surface area contributed by atoms with E-state index in [-0.39, 0.29) is 6.61 Å². The predicted octanol–water partition coefficient (Wildman–Crippen LogP) is 4.22. The van der Waals surface area contributed by atoms with Crippen molar-refractivity contribution >= 4 is 11.8 Å². The summed E-state index contributed by atoms with van der Waals surface area (Å²) >= 11 is 1.72. The molecule has 1 aromatic heterocycles. The molecule has 0 bridgehead atoms. The first-order valence-electron chi connectivity index (χ1n) is 8.14. The Hall–Kier alpha value is -2.04. The molecule has 0 saturated heterocycles. The van der Waals surface area contributed by atoms with E-state index in [1.165, 1.54) is 16.7 Å². The molecule has 0 aliphatic rings. The van der Waals surface area contributed by atoms with E-state index in [2.05, 4.69) is 65.0 Å². The number of aliphatic hydroxyl groups is 1. The Morgan fingerprint density at radius 2 is 1.75 bits per heavy atom. The molecule has 3 rings (SSSR count). The fourth-order valence-electron chi connectivity index (χ4n) is 2.59. The molecule has 4 heteroatoms. The van der Waals surface area contributed by atoms with Crippen LogP contribution in [0.15, 0.2) is 66.0 Å². The first-order chi connectivity index (χ1) is 11.8. The van der Waals surface area contributed by atoms with E-state index in [0.29, 0.717) is 0 Å². The molecule has 124 valence electrons. The van der Waals surface area contributed by atoms with Gasteiger partial charge in [0.25, 0.3) is 0 Å². The third-order valence-electron chi connectivity index (χ3n) is 4.02. The third-order valence-corrected chi connectivity index (χ3v) is 5.08. The lowest BCUT2D eigenvalue weighted by Gasteiger charge is -2.11. The Bertz CT molecular complexity index is 766. The summed E-state index contributed by atoms with van der Waals surface area (Å²) in [7, 11) is 0. The number of aromatic nitrogens is 2. The van der Waals surface area contributed by atoms with Crippen molar-refractivity contribution in [2.75, 3.05) is 0 Å². The molecule has 0 unspecified atom stereocenters. The zero-order valence-corrected chi connectivity index (χ0v) is 14.7. The Morgan fingerprint density at radius 3 is 2.46 bits per heavy atom. The van der Waals surface area contributed by atoms with Gasteiger partial charge in [-0.25, -0.2) is 4.98 Å². The standard InChI is InChI=1S/C20H22N2OS/c1-16-7-9-18(10-8-16)15-24-20-21-13-19(14-23)22(20)12-11-17-5-3-2-4-6-17/h2-10,13,23H,11-12,14-15H2,1H3. The SMILES string of the molecule is Cc1ccc(CSc2ncc(CO)n2CCc2ccccc2)cc1. The molecule has 3 aromatic rings. The molecule has 0 saturated carbocycles. The maximum atomic E-state index is 9.57. The number of aryl methyl sites for hydroxylation is 2. The van der Waals surface area contributed by atoms with E-state index in [1.807, 2.05) is 6.07 Å². The highest BCUT2D eigenvalue weighted by atomic mass is 32.2. The topological polar surface area (TPSA) is 38.1 Å². The van der Waals surface area contributed by atoms with E-state index in [4.69, 9.17) is 0 Å². The van der Waals surface area contributed by atoms with Gasteiger partial charge < -0.3 is 9.67 Å². The zero-order valence-electron chi connectivity index (χ0n) is 13.9. The van der Waals surface area contributed by atoms with Crippen molar-refractivity contribution in [3.63, 3.8) is 0 Å².